The third-order valence-electron chi connectivity index (χ3n) is 3.51. The summed E-state index contributed by atoms with van der Waals surface area (Å²) in [6.07, 6.45) is -0.319. The van der Waals surface area contributed by atoms with Gasteiger partial charge in [-0.25, -0.2) is 0 Å². The van der Waals surface area contributed by atoms with Gasteiger partial charge in [0.1, 0.15) is 12.3 Å². The van der Waals surface area contributed by atoms with E-state index in [0.717, 1.165) is 15.6 Å². The molecule has 3 nitrogen and oxygen atoms in total. The molecule has 3 rings (SSSR count). The predicted octanol–water partition coefficient (Wildman–Crippen LogP) is 3.17. The molecule has 20 heavy (non-hydrogen) atoms. The van der Waals surface area contributed by atoms with Crippen LogP contribution >= 0.6 is 15.9 Å². The van der Waals surface area contributed by atoms with Crippen LogP contribution in [-0.4, -0.2) is 17.8 Å². The van der Waals surface area contributed by atoms with Gasteiger partial charge in [-0.05, 0) is 23.3 Å². The summed E-state index contributed by atoms with van der Waals surface area (Å²) in [6, 6.07) is 17.9. The molecule has 0 amide bonds. The third kappa shape index (κ3) is 2.79. The molecule has 1 aliphatic heterocycles. The van der Waals surface area contributed by atoms with Gasteiger partial charge in [-0.15, -0.1) is 0 Å². The first-order chi connectivity index (χ1) is 9.78. The van der Waals surface area contributed by atoms with Crippen LogP contribution in [0.25, 0.3) is 0 Å². The van der Waals surface area contributed by atoms with Crippen molar-refractivity contribution >= 4 is 15.9 Å². The Morgan fingerprint density at radius 2 is 1.70 bits per heavy atom. The second-order valence-corrected chi connectivity index (χ2v) is 5.77. The molecule has 2 aromatic carbocycles. The van der Waals surface area contributed by atoms with Gasteiger partial charge in [0.15, 0.2) is 0 Å². The highest BCUT2D eigenvalue weighted by atomic mass is 79.9. The van der Waals surface area contributed by atoms with Crippen LogP contribution in [0.3, 0.4) is 0 Å². The van der Waals surface area contributed by atoms with E-state index in [1.807, 2.05) is 54.6 Å². The Labute approximate surface area is 126 Å². The highest BCUT2D eigenvalue weighted by Crippen LogP contribution is 2.34. The van der Waals surface area contributed by atoms with Crippen molar-refractivity contribution < 1.29 is 9.84 Å². The number of rotatable bonds is 3. The molecule has 104 valence electrons. The van der Waals surface area contributed by atoms with Crippen molar-refractivity contribution in [1.29, 1.82) is 0 Å². The zero-order chi connectivity index (χ0) is 13.9. The lowest BCUT2D eigenvalue weighted by atomic mass is 10.0. The van der Waals surface area contributed by atoms with Gasteiger partial charge >= 0.3 is 0 Å². The minimum atomic E-state index is -0.189. The Balaban J connectivity index is 1.82. The SMILES string of the molecule is OC[C@@H]1N[C@@H](c2ccc(Br)cc2)OC1c1ccccc1. The second-order valence-electron chi connectivity index (χ2n) is 4.85. The summed E-state index contributed by atoms with van der Waals surface area (Å²) in [5.74, 6) is 0. The standard InChI is InChI=1S/C16H16BrNO2/c17-13-8-6-12(7-9-13)16-18-14(10-19)15(20-16)11-4-2-1-3-5-11/h1-9,14-16,18-19H,10H2/t14-,15?,16+/m0/s1. The Morgan fingerprint density at radius 3 is 2.35 bits per heavy atom. The maximum atomic E-state index is 9.56. The molecule has 0 aliphatic carbocycles. The van der Waals surface area contributed by atoms with Gasteiger partial charge in [-0.3, -0.25) is 5.32 Å². The number of aliphatic hydroxyl groups is 1. The van der Waals surface area contributed by atoms with Crippen LogP contribution in [0.5, 0.6) is 0 Å². The van der Waals surface area contributed by atoms with Crippen molar-refractivity contribution in [2.75, 3.05) is 6.61 Å². The molecular formula is C16H16BrNO2. The summed E-state index contributed by atoms with van der Waals surface area (Å²) in [7, 11) is 0. The first-order valence-corrected chi connectivity index (χ1v) is 7.40. The van der Waals surface area contributed by atoms with E-state index in [-0.39, 0.29) is 25.0 Å². The summed E-state index contributed by atoms with van der Waals surface area (Å²) in [5, 5.41) is 12.9. The molecular weight excluding hydrogens is 318 g/mol. The predicted molar refractivity (Wildman–Crippen MR) is 81.2 cm³/mol. The molecule has 0 radical (unpaired) electrons. The van der Waals surface area contributed by atoms with Crippen molar-refractivity contribution in [3.63, 3.8) is 0 Å². The molecule has 0 aromatic heterocycles. The number of hydrogen-bond acceptors (Lipinski definition) is 3. The van der Waals surface area contributed by atoms with Crippen LogP contribution in [0, 0.1) is 0 Å². The molecule has 1 aliphatic rings. The van der Waals surface area contributed by atoms with E-state index in [1.54, 1.807) is 0 Å². The maximum Gasteiger partial charge on any atom is 0.135 e. The van der Waals surface area contributed by atoms with Gasteiger partial charge in [0.2, 0.25) is 0 Å². The van der Waals surface area contributed by atoms with Crippen molar-refractivity contribution in [2.24, 2.45) is 0 Å². The van der Waals surface area contributed by atoms with Gasteiger partial charge in [0, 0.05) is 4.47 Å². The van der Waals surface area contributed by atoms with Crippen molar-refractivity contribution in [2.45, 2.75) is 18.4 Å². The van der Waals surface area contributed by atoms with Crippen molar-refractivity contribution in [3.8, 4) is 0 Å². The maximum absolute atomic E-state index is 9.56. The summed E-state index contributed by atoms with van der Waals surface area (Å²) in [4.78, 5) is 0. The number of hydrogen-bond donors (Lipinski definition) is 2. The Morgan fingerprint density at radius 1 is 1.00 bits per heavy atom. The minimum absolute atomic E-state index is 0.0482. The number of aliphatic hydroxyl groups excluding tert-OH is 1. The van der Waals surface area contributed by atoms with Crippen LogP contribution in [-0.2, 0) is 4.74 Å². The molecule has 1 saturated heterocycles. The second kappa shape index (κ2) is 6.06. The number of nitrogens with one attached hydrogen (secondary N) is 1. The monoisotopic (exact) mass is 333 g/mol. The lowest BCUT2D eigenvalue weighted by Gasteiger charge is -2.15. The molecule has 0 spiro atoms. The van der Waals surface area contributed by atoms with E-state index in [4.69, 9.17) is 4.74 Å². The Bertz CT molecular complexity index is 558. The normalized spacial score (nSPS) is 25.8. The van der Waals surface area contributed by atoms with Crippen LogP contribution in [0.15, 0.2) is 59.1 Å². The number of benzene rings is 2. The average molecular weight is 334 g/mol. The minimum Gasteiger partial charge on any atom is -0.395 e. The van der Waals surface area contributed by atoms with E-state index in [1.165, 1.54) is 0 Å². The first-order valence-electron chi connectivity index (χ1n) is 6.60. The molecule has 2 aromatic rings. The lowest BCUT2D eigenvalue weighted by molar-refractivity contribution is 0.0318. The summed E-state index contributed by atoms with van der Waals surface area (Å²) >= 11 is 3.43. The highest BCUT2D eigenvalue weighted by molar-refractivity contribution is 9.10. The molecule has 1 heterocycles. The topological polar surface area (TPSA) is 41.5 Å². The van der Waals surface area contributed by atoms with Crippen molar-refractivity contribution in [1.82, 2.24) is 5.32 Å². The van der Waals surface area contributed by atoms with Crippen LogP contribution in [0.2, 0.25) is 0 Å². The largest absolute Gasteiger partial charge is 0.395 e. The molecule has 2 N–H and O–H groups in total. The highest BCUT2D eigenvalue weighted by Gasteiger charge is 2.35. The molecule has 1 unspecified atom stereocenters. The van der Waals surface area contributed by atoms with Gasteiger partial charge in [0.05, 0.1) is 12.6 Å². The third-order valence-corrected chi connectivity index (χ3v) is 4.04. The van der Waals surface area contributed by atoms with E-state index in [9.17, 15) is 5.11 Å². The molecule has 4 heteroatoms. The van der Waals surface area contributed by atoms with Gasteiger partial charge in [-0.2, -0.15) is 0 Å². The van der Waals surface area contributed by atoms with E-state index < -0.39 is 0 Å². The first kappa shape index (κ1) is 13.8. The number of ether oxygens (including phenoxy) is 1. The van der Waals surface area contributed by atoms with E-state index in [2.05, 4.69) is 21.2 Å². The average Bonchev–Trinajstić information content (AvgIpc) is 2.93. The van der Waals surface area contributed by atoms with Crippen LogP contribution in [0.1, 0.15) is 23.5 Å². The molecule has 0 saturated carbocycles. The zero-order valence-electron chi connectivity index (χ0n) is 10.9. The summed E-state index contributed by atoms with van der Waals surface area (Å²) < 4.78 is 7.13. The fourth-order valence-corrected chi connectivity index (χ4v) is 2.74. The van der Waals surface area contributed by atoms with Crippen LogP contribution < -0.4 is 5.32 Å². The molecule has 3 atom stereocenters. The fourth-order valence-electron chi connectivity index (χ4n) is 2.48. The van der Waals surface area contributed by atoms with Crippen molar-refractivity contribution in [3.05, 3.63) is 70.2 Å². The fraction of sp³-hybridized carbons (Fsp3) is 0.250. The van der Waals surface area contributed by atoms with Gasteiger partial charge in [-0.1, -0.05) is 58.4 Å². The van der Waals surface area contributed by atoms with Gasteiger partial charge in [0.25, 0.3) is 0 Å². The van der Waals surface area contributed by atoms with E-state index >= 15 is 0 Å². The number of halogens is 1. The van der Waals surface area contributed by atoms with Gasteiger partial charge < -0.3 is 9.84 Å². The molecule has 0 bridgehead atoms. The summed E-state index contributed by atoms with van der Waals surface area (Å²) in [5.41, 5.74) is 2.14. The van der Waals surface area contributed by atoms with Crippen LogP contribution in [0.4, 0.5) is 0 Å². The Kier molecular flexibility index (Phi) is 4.17. The van der Waals surface area contributed by atoms with E-state index in [0.29, 0.717) is 0 Å². The lowest BCUT2D eigenvalue weighted by Crippen LogP contribution is -2.30. The summed E-state index contributed by atoms with van der Waals surface area (Å²) in [6.45, 7) is 0.0482. The zero-order valence-corrected chi connectivity index (χ0v) is 12.5. The quantitative estimate of drug-likeness (QED) is 0.906. The molecule has 1 fully saturated rings. The Hall–Kier alpha value is -1.20. The smallest absolute Gasteiger partial charge is 0.135 e.